The molecule has 0 aromatic carbocycles. The predicted octanol–water partition coefficient (Wildman–Crippen LogP) is 0.737. The molecule has 2 rings (SSSR count). The van der Waals surface area contributed by atoms with E-state index < -0.39 is 11.5 Å². The van der Waals surface area contributed by atoms with Gasteiger partial charge in [-0.3, -0.25) is 9.78 Å². The number of nitrogens with zero attached hydrogens (tertiary/aromatic N) is 1. The number of carbonyl (C=O) groups is 2. The van der Waals surface area contributed by atoms with Gasteiger partial charge in [-0.2, -0.15) is 0 Å². The topological polar surface area (TPSA) is 79.3 Å². The lowest BCUT2D eigenvalue weighted by atomic mass is 10.2. The second-order valence-electron chi connectivity index (χ2n) is 4.03. The number of nitrogens with one attached hydrogen (secondary N) is 1. The van der Waals surface area contributed by atoms with Crippen LogP contribution in [-0.2, 0) is 4.79 Å². The lowest BCUT2D eigenvalue weighted by Gasteiger charge is -2.12. The fourth-order valence-electron chi connectivity index (χ4n) is 1.49. The zero-order valence-electron chi connectivity index (χ0n) is 8.86. The van der Waals surface area contributed by atoms with Gasteiger partial charge in [0.1, 0.15) is 5.54 Å². The van der Waals surface area contributed by atoms with Crippen LogP contribution in [0.25, 0.3) is 0 Å². The number of amides is 1. The van der Waals surface area contributed by atoms with Crippen LogP contribution in [0.15, 0.2) is 18.3 Å². The third-order valence-corrected chi connectivity index (χ3v) is 2.67. The Kier molecular flexibility index (Phi) is 2.38. The molecule has 0 unspecified atom stereocenters. The minimum Gasteiger partial charge on any atom is -0.480 e. The Hall–Kier alpha value is -1.91. The molecule has 1 aromatic heterocycles. The quantitative estimate of drug-likeness (QED) is 0.787. The van der Waals surface area contributed by atoms with Crippen LogP contribution in [0.1, 0.15) is 28.9 Å². The molecule has 5 heteroatoms. The van der Waals surface area contributed by atoms with Crippen molar-refractivity contribution in [3.8, 4) is 0 Å². The van der Waals surface area contributed by atoms with Crippen LogP contribution in [0.2, 0.25) is 0 Å². The summed E-state index contributed by atoms with van der Waals surface area (Å²) in [6, 6.07) is 3.20. The van der Waals surface area contributed by atoms with Crippen LogP contribution >= 0.6 is 0 Å². The molecule has 2 N–H and O–H groups in total. The zero-order chi connectivity index (χ0) is 11.8. The molecular formula is C11H12N2O3. The van der Waals surface area contributed by atoms with Gasteiger partial charge < -0.3 is 10.4 Å². The molecule has 1 aromatic rings. The summed E-state index contributed by atoms with van der Waals surface area (Å²) in [7, 11) is 0. The maximum atomic E-state index is 11.8. The van der Waals surface area contributed by atoms with Gasteiger partial charge in [-0.15, -0.1) is 0 Å². The second kappa shape index (κ2) is 3.59. The van der Waals surface area contributed by atoms with Crippen molar-refractivity contribution in [1.82, 2.24) is 10.3 Å². The Balaban J connectivity index is 2.12. The van der Waals surface area contributed by atoms with Crippen LogP contribution in [0.3, 0.4) is 0 Å². The van der Waals surface area contributed by atoms with E-state index in [0.29, 0.717) is 18.4 Å². The first-order valence-electron chi connectivity index (χ1n) is 5.02. The Morgan fingerprint density at radius 3 is 2.69 bits per heavy atom. The molecule has 0 aliphatic heterocycles. The molecule has 0 saturated heterocycles. The number of carbonyl (C=O) groups excluding carboxylic acids is 1. The lowest BCUT2D eigenvalue weighted by Crippen LogP contribution is -2.43. The van der Waals surface area contributed by atoms with Gasteiger partial charge in [0, 0.05) is 17.5 Å². The first-order valence-corrected chi connectivity index (χ1v) is 5.02. The van der Waals surface area contributed by atoms with E-state index in [0.717, 1.165) is 5.69 Å². The van der Waals surface area contributed by atoms with E-state index in [9.17, 15) is 9.59 Å². The van der Waals surface area contributed by atoms with Crippen LogP contribution in [0.4, 0.5) is 0 Å². The number of carboxylic acid groups (broad SMARTS) is 1. The highest BCUT2D eigenvalue weighted by Crippen LogP contribution is 2.35. The lowest BCUT2D eigenvalue weighted by molar-refractivity contribution is -0.140. The van der Waals surface area contributed by atoms with Crippen molar-refractivity contribution in [2.75, 3.05) is 0 Å². The molecular weight excluding hydrogens is 208 g/mol. The Morgan fingerprint density at radius 1 is 1.50 bits per heavy atom. The van der Waals surface area contributed by atoms with Gasteiger partial charge in [0.15, 0.2) is 0 Å². The number of carboxylic acids is 1. The Bertz CT molecular complexity index is 452. The largest absolute Gasteiger partial charge is 0.480 e. The molecule has 1 aliphatic carbocycles. The number of pyridine rings is 1. The molecule has 0 radical (unpaired) electrons. The van der Waals surface area contributed by atoms with Gasteiger partial charge in [-0.1, -0.05) is 0 Å². The molecule has 84 valence electrons. The van der Waals surface area contributed by atoms with E-state index in [-0.39, 0.29) is 5.91 Å². The number of aromatic nitrogens is 1. The summed E-state index contributed by atoms with van der Waals surface area (Å²) in [5.74, 6) is -1.32. The van der Waals surface area contributed by atoms with Crippen LogP contribution in [0, 0.1) is 6.92 Å². The van der Waals surface area contributed by atoms with Gasteiger partial charge in [0.2, 0.25) is 0 Å². The highest BCUT2D eigenvalue weighted by atomic mass is 16.4. The van der Waals surface area contributed by atoms with Crippen LogP contribution in [-0.4, -0.2) is 27.5 Å². The third-order valence-electron chi connectivity index (χ3n) is 2.67. The van der Waals surface area contributed by atoms with Crippen molar-refractivity contribution in [1.29, 1.82) is 0 Å². The van der Waals surface area contributed by atoms with Gasteiger partial charge in [0.25, 0.3) is 5.91 Å². The van der Waals surface area contributed by atoms with Gasteiger partial charge in [-0.25, -0.2) is 4.79 Å². The average Bonchev–Trinajstić information content (AvgIpc) is 2.99. The fraction of sp³-hybridized carbons (Fsp3) is 0.364. The molecule has 5 nitrogen and oxygen atoms in total. The van der Waals surface area contributed by atoms with Gasteiger partial charge in [0.05, 0.1) is 0 Å². The van der Waals surface area contributed by atoms with Gasteiger partial charge in [-0.05, 0) is 31.9 Å². The van der Waals surface area contributed by atoms with E-state index in [1.54, 1.807) is 19.1 Å². The van der Waals surface area contributed by atoms with Crippen molar-refractivity contribution >= 4 is 11.9 Å². The monoisotopic (exact) mass is 220 g/mol. The van der Waals surface area contributed by atoms with Crippen molar-refractivity contribution in [3.63, 3.8) is 0 Å². The summed E-state index contributed by atoms with van der Waals surface area (Å²) < 4.78 is 0. The first-order chi connectivity index (χ1) is 7.53. The molecule has 1 heterocycles. The first kappa shape index (κ1) is 10.6. The number of rotatable bonds is 3. The summed E-state index contributed by atoms with van der Waals surface area (Å²) in [6.07, 6.45) is 2.53. The van der Waals surface area contributed by atoms with Crippen LogP contribution < -0.4 is 5.32 Å². The fourth-order valence-corrected chi connectivity index (χ4v) is 1.49. The maximum Gasteiger partial charge on any atom is 0.329 e. The van der Waals surface area contributed by atoms with E-state index >= 15 is 0 Å². The predicted molar refractivity (Wildman–Crippen MR) is 56.0 cm³/mol. The van der Waals surface area contributed by atoms with Crippen LogP contribution in [0.5, 0.6) is 0 Å². The number of hydrogen-bond acceptors (Lipinski definition) is 3. The SMILES string of the molecule is Cc1cc(C(=O)NC2(C(=O)O)CC2)ccn1. The summed E-state index contributed by atoms with van der Waals surface area (Å²) >= 11 is 0. The number of hydrogen-bond donors (Lipinski definition) is 2. The molecule has 0 bridgehead atoms. The Labute approximate surface area is 92.5 Å². The summed E-state index contributed by atoms with van der Waals surface area (Å²) in [5, 5.41) is 11.5. The second-order valence-corrected chi connectivity index (χ2v) is 4.03. The minimum atomic E-state index is -1.03. The summed E-state index contributed by atoms with van der Waals surface area (Å²) in [4.78, 5) is 26.6. The molecule has 0 spiro atoms. The maximum absolute atomic E-state index is 11.8. The number of aryl methyl sites for hydroxylation is 1. The number of aliphatic carboxylic acids is 1. The third kappa shape index (κ3) is 1.88. The molecule has 16 heavy (non-hydrogen) atoms. The van der Waals surface area contributed by atoms with Crippen molar-refractivity contribution in [2.45, 2.75) is 25.3 Å². The van der Waals surface area contributed by atoms with Crippen molar-refractivity contribution in [3.05, 3.63) is 29.6 Å². The molecule has 1 saturated carbocycles. The summed E-state index contributed by atoms with van der Waals surface area (Å²) in [6.45, 7) is 1.78. The average molecular weight is 220 g/mol. The normalized spacial score (nSPS) is 16.6. The Morgan fingerprint density at radius 2 is 2.19 bits per heavy atom. The molecule has 0 atom stereocenters. The molecule has 1 amide bonds. The highest BCUT2D eigenvalue weighted by molar-refractivity contribution is 5.98. The summed E-state index contributed by atoms with van der Waals surface area (Å²) in [5.41, 5.74) is 0.140. The van der Waals surface area contributed by atoms with E-state index in [1.165, 1.54) is 6.20 Å². The van der Waals surface area contributed by atoms with E-state index in [4.69, 9.17) is 5.11 Å². The van der Waals surface area contributed by atoms with Crippen molar-refractivity contribution in [2.24, 2.45) is 0 Å². The minimum absolute atomic E-state index is 0.356. The van der Waals surface area contributed by atoms with Gasteiger partial charge >= 0.3 is 5.97 Å². The highest BCUT2D eigenvalue weighted by Gasteiger charge is 2.51. The molecule has 1 aliphatic rings. The van der Waals surface area contributed by atoms with E-state index in [2.05, 4.69) is 10.3 Å². The van der Waals surface area contributed by atoms with Crippen molar-refractivity contribution < 1.29 is 14.7 Å². The zero-order valence-corrected chi connectivity index (χ0v) is 8.86. The smallest absolute Gasteiger partial charge is 0.329 e. The molecule has 1 fully saturated rings. The standard InChI is InChI=1S/C11H12N2O3/c1-7-6-8(2-5-12-7)9(14)13-11(3-4-11)10(15)16/h2,5-6H,3-4H2,1H3,(H,13,14)(H,15,16). The van der Waals surface area contributed by atoms with E-state index in [1.807, 2.05) is 0 Å².